The van der Waals surface area contributed by atoms with Gasteiger partial charge >= 0.3 is 0 Å². The first kappa shape index (κ1) is 32.8. The van der Waals surface area contributed by atoms with Crippen LogP contribution in [0.2, 0.25) is 0 Å². The lowest BCUT2D eigenvalue weighted by molar-refractivity contribution is -0.00518. The van der Waals surface area contributed by atoms with Gasteiger partial charge in [0.25, 0.3) is 0 Å². The van der Waals surface area contributed by atoms with E-state index in [0.29, 0.717) is 22.9 Å². The van der Waals surface area contributed by atoms with Gasteiger partial charge in [0.15, 0.2) is 17.5 Å². The molecule has 4 heteroatoms. The lowest BCUT2D eigenvalue weighted by Gasteiger charge is -2.57. The molecule has 4 aliphatic rings. The number of fused-ring (bicyclic) bond motifs is 4. The van der Waals surface area contributed by atoms with Crippen molar-refractivity contribution in [3.8, 4) is 56.4 Å². The van der Waals surface area contributed by atoms with Crippen LogP contribution in [0.5, 0.6) is 0 Å². The summed E-state index contributed by atoms with van der Waals surface area (Å²) >= 11 is 0. The van der Waals surface area contributed by atoms with Crippen molar-refractivity contribution >= 4 is 32.7 Å². The van der Waals surface area contributed by atoms with Crippen molar-refractivity contribution in [1.82, 2.24) is 15.0 Å². The van der Waals surface area contributed by atoms with Gasteiger partial charge in [-0.2, -0.15) is 0 Å². The number of para-hydroxylation sites is 1. The standard InChI is InChI=1S/C53H41N3O/c1-3-9-36(10-4-1)43-14-7-13-37-17-18-40(28-47(37)43)51-54-50(39-11-5-2-6-12-39)55-52(56-51)41-21-24-45-46-16-8-15-44(49(46)57-48(45)29-41)38-19-22-42(23-20-38)53-30-33-25-34(31-53)27-35(26-33)32-53/h1-24,28-29,33-35H,25-27,30-32H2. The molecule has 274 valence electrons. The van der Waals surface area contributed by atoms with E-state index in [1.54, 1.807) is 5.56 Å². The lowest BCUT2D eigenvalue weighted by Crippen LogP contribution is -2.48. The fraction of sp³-hybridized carbons (Fsp3) is 0.189. The van der Waals surface area contributed by atoms with Crippen LogP contribution in [-0.4, -0.2) is 15.0 Å². The van der Waals surface area contributed by atoms with E-state index in [1.807, 2.05) is 18.2 Å². The average molecular weight is 736 g/mol. The van der Waals surface area contributed by atoms with Gasteiger partial charge in [0.1, 0.15) is 11.2 Å². The molecule has 0 N–H and O–H groups in total. The van der Waals surface area contributed by atoms with Gasteiger partial charge < -0.3 is 4.42 Å². The number of rotatable bonds is 6. The van der Waals surface area contributed by atoms with Gasteiger partial charge in [-0.25, -0.2) is 15.0 Å². The fourth-order valence-electron chi connectivity index (χ4n) is 11.3. The molecule has 9 aromatic rings. The molecule has 7 aromatic carbocycles. The van der Waals surface area contributed by atoms with Crippen LogP contribution >= 0.6 is 0 Å². The summed E-state index contributed by atoms with van der Waals surface area (Å²) in [5.41, 5.74) is 11.1. The third kappa shape index (κ3) is 5.53. The molecule has 13 rings (SSSR count). The van der Waals surface area contributed by atoms with E-state index in [-0.39, 0.29) is 0 Å². The van der Waals surface area contributed by atoms with Crippen molar-refractivity contribution in [3.05, 3.63) is 163 Å². The van der Waals surface area contributed by atoms with Gasteiger partial charge in [-0.3, -0.25) is 0 Å². The second-order valence-electron chi connectivity index (χ2n) is 17.1. The minimum absolute atomic E-state index is 0.393. The molecular formula is C53H41N3O. The topological polar surface area (TPSA) is 51.8 Å². The Morgan fingerprint density at radius 3 is 1.68 bits per heavy atom. The zero-order valence-electron chi connectivity index (χ0n) is 31.7. The molecule has 2 heterocycles. The van der Waals surface area contributed by atoms with E-state index >= 15 is 0 Å². The largest absolute Gasteiger partial charge is 0.455 e. The SMILES string of the molecule is c1ccc(-c2nc(-c3ccc4c(c3)oc3c(-c5ccc(C67CC8CC(CC(C8)C6)C7)cc5)cccc34)nc(-c3ccc4cccc(-c5ccccc5)c4c3)n2)cc1. The van der Waals surface area contributed by atoms with Crippen molar-refractivity contribution in [2.75, 3.05) is 0 Å². The molecule has 0 unspecified atom stereocenters. The summed E-state index contributed by atoms with van der Waals surface area (Å²) in [6, 6.07) is 56.1. The van der Waals surface area contributed by atoms with E-state index < -0.39 is 0 Å². The smallest absolute Gasteiger partial charge is 0.164 e. The third-order valence-corrected chi connectivity index (χ3v) is 13.5. The Bertz CT molecular complexity index is 2950. The van der Waals surface area contributed by atoms with Gasteiger partial charge in [-0.1, -0.05) is 140 Å². The lowest BCUT2D eigenvalue weighted by atomic mass is 9.48. The van der Waals surface area contributed by atoms with Crippen LogP contribution in [0.25, 0.3) is 89.1 Å². The molecular weight excluding hydrogens is 695 g/mol. The maximum atomic E-state index is 6.79. The van der Waals surface area contributed by atoms with Gasteiger partial charge in [0.2, 0.25) is 0 Å². The fourth-order valence-corrected chi connectivity index (χ4v) is 11.3. The minimum atomic E-state index is 0.393. The van der Waals surface area contributed by atoms with E-state index in [2.05, 4.69) is 140 Å². The highest BCUT2D eigenvalue weighted by Crippen LogP contribution is 2.60. The first-order chi connectivity index (χ1) is 28.1. The molecule has 0 spiro atoms. The van der Waals surface area contributed by atoms with Crippen LogP contribution in [0.15, 0.2) is 162 Å². The molecule has 0 saturated heterocycles. The predicted molar refractivity (Wildman–Crippen MR) is 232 cm³/mol. The Morgan fingerprint density at radius 2 is 0.982 bits per heavy atom. The predicted octanol–water partition coefficient (Wildman–Crippen LogP) is 13.7. The summed E-state index contributed by atoms with van der Waals surface area (Å²) in [6.07, 6.45) is 8.55. The number of furan rings is 1. The van der Waals surface area contributed by atoms with E-state index in [1.165, 1.54) is 60.6 Å². The Kier molecular flexibility index (Phi) is 7.38. The Labute approximate surface area is 332 Å². The average Bonchev–Trinajstić information content (AvgIpc) is 3.64. The summed E-state index contributed by atoms with van der Waals surface area (Å²) in [6.45, 7) is 0. The van der Waals surface area contributed by atoms with Gasteiger partial charge in [-0.05, 0) is 113 Å². The summed E-state index contributed by atoms with van der Waals surface area (Å²) in [5, 5.41) is 4.53. The van der Waals surface area contributed by atoms with Crippen LogP contribution < -0.4 is 0 Å². The minimum Gasteiger partial charge on any atom is -0.455 e. The molecule has 4 aliphatic carbocycles. The van der Waals surface area contributed by atoms with Crippen LogP contribution in [-0.2, 0) is 5.41 Å². The van der Waals surface area contributed by atoms with Crippen molar-refractivity contribution in [2.45, 2.75) is 43.9 Å². The number of benzene rings is 7. The van der Waals surface area contributed by atoms with Crippen molar-refractivity contribution in [3.63, 3.8) is 0 Å². The maximum Gasteiger partial charge on any atom is 0.164 e. The maximum absolute atomic E-state index is 6.79. The van der Waals surface area contributed by atoms with Crippen LogP contribution in [0.4, 0.5) is 0 Å². The van der Waals surface area contributed by atoms with Crippen LogP contribution in [0.3, 0.4) is 0 Å². The summed E-state index contributed by atoms with van der Waals surface area (Å²) in [4.78, 5) is 15.3. The Morgan fingerprint density at radius 1 is 0.421 bits per heavy atom. The molecule has 0 atom stereocenters. The molecule has 0 radical (unpaired) electrons. The highest BCUT2D eigenvalue weighted by atomic mass is 16.3. The summed E-state index contributed by atoms with van der Waals surface area (Å²) in [7, 11) is 0. The highest BCUT2D eigenvalue weighted by molar-refractivity contribution is 6.10. The Hall–Kier alpha value is -6.39. The van der Waals surface area contributed by atoms with Crippen LogP contribution in [0.1, 0.15) is 44.1 Å². The summed E-state index contributed by atoms with van der Waals surface area (Å²) < 4.78 is 6.79. The van der Waals surface area contributed by atoms with Crippen molar-refractivity contribution < 1.29 is 4.42 Å². The van der Waals surface area contributed by atoms with E-state index in [0.717, 1.165) is 67.3 Å². The first-order valence-corrected chi connectivity index (χ1v) is 20.6. The highest BCUT2D eigenvalue weighted by Gasteiger charge is 2.51. The van der Waals surface area contributed by atoms with E-state index in [9.17, 15) is 0 Å². The van der Waals surface area contributed by atoms with Gasteiger partial charge in [0, 0.05) is 33.0 Å². The number of aromatic nitrogens is 3. The third-order valence-electron chi connectivity index (χ3n) is 13.5. The molecule has 0 aliphatic heterocycles. The van der Waals surface area contributed by atoms with Crippen LogP contribution in [0, 0.1) is 17.8 Å². The monoisotopic (exact) mass is 735 g/mol. The van der Waals surface area contributed by atoms with Crippen molar-refractivity contribution in [2.24, 2.45) is 17.8 Å². The van der Waals surface area contributed by atoms with Crippen molar-refractivity contribution in [1.29, 1.82) is 0 Å². The quantitative estimate of drug-likeness (QED) is 0.171. The number of hydrogen-bond donors (Lipinski definition) is 0. The molecule has 2 aromatic heterocycles. The molecule has 0 amide bonds. The molecule has 4 saturated carbocycles. The zero-order valence-corrected chi connectivity index (χ0v) is 31.7. The van der Waals surface area contributed by atoms with Gasteiger partial charge in [0.05, 0.1) is 0 Å². The summed E-state index contributed by atoms with van der Waals surface area (Å²) in [5.74, 6) is 4.68. The second-order valence-corrected chi connectivity index (χ2v) is 17.1. The molecule has 4 nitrogen and oxygen atoms in total. The Balaban J connectivity index is 0.941. The molecule has 4 bridgehead atoms. The van der Waals surface area contributed by atoms with E-state index in [4.69, 9.17) is 19.4 Å². The normalized spacial score (nSPS) is 21.2. The van der Waals surface area contributed by atoms with Gasteiger partial charge in [-0.15, -0.1) is 0 Å². The zero-order chi connectivity index (χ0) is 37.5. The second kappa shape index (κ2) is 12.8. The molecule has 57 heavy (non-hydrogen) atoms. The number of nitrogens with zero attached hydrogens (tertiary/aromatic N) is 3. The first-order valence-electron chi connectivity index (χ1n) is 20.6. The number of hydrogen-bond acceptors (Lipinski definition) is 4. The molecule has 4 fully saturated rings.